The zero-order chi connectivity index (χ0) is 20.3. The second-order valence-electron chi connectivity index (χ2n) is 5.94. The fourth-order valence-electron chi connectivity index (χ4n) is 2.66. The van der Waals surface area contributed by atoms with E-state index >= 15 is 0 Å². The fraction of sp³-hybridized carbons (Fsp3) is 0.150. The molecular formula is C20H17NO7. The van der Waals surface area contributed by atoms with E-state index in [9.17, 15) is 19.5 Å². The Labute approximate surface area is 159 Å². The minimum atomic E-state index is -0.753. The van der Waals surface area contributed by atoms with Crippen LogP contribution in [0.2, 0.25) is 0 Å². The van der Waals surface area contributed by atoms with Gasteiger partial charge in [0, 0.05) is 41.8 Å². The van der Waals surface area contributed by atoms with Gasteiger partial charge in [-0.1, -0.05) is 0 Å². The van der Waals surface area contributed by atoms with Gasteiger partial charge in [0.15, 0.2) is 0 Å². The number of carbonyl (C=O) groups excluding carboxylic acids is 2. The Morgan fingerprint density at radius 2 is 1.93 bits per heavy atom. The summed E-state index contributed by atoms with van der Waals surface area (Å²) in [6.07, 6.45) is 0. The Kier molecular flexibility index (Phi) is 5.30. The average molecular weight is 383 g/mol. The van der Waals surface area contributed by atoms with Crippen LogP contribution in [0.1, 0.15) is 22.8 Å². The molecule has 0 unspecified atom stereocenters. The van der Waals surface area contributed by atoms with Crippen LogP contribution in [0.4, 0.5) is 5.69 Å². The van der Waals surface area contributed by atoms with Gasteiger partial charge in [0.2, 0.25) is 5.91 Å². The molecule has 1 heterocycles. The van der Waals surface area contributed by atoms with Crippen molar-refractivity contribution in [1.82, 2.24) is 0 Å². The Balaban J connectivity index is 1.85. The highest BCUT2D eigenvalue weighted by molar-refractivity contribution is 5.93. The number of fused-ring (bicyclic) bond motifs is 1. The van der Waals surface area contributed by atoms with E-state index < -0.39 is 11.6 Å². The van der Waals surface area contributed by atoms with Gasteiger partial charge >= 0.3 is 11.6 Å². The van der Waals surface area contributed by atoms with Crippen molar-refractivity contribution >= 4 is 28.5 Å². The van der Waals surface area contributed by atoms with Crippen LogP contribution in [0.5, 0.6) is 11.5 Å². The maximum Gasteiger partial charge on any atom is 0.342 e. The van der Waals surface area contributed by atoms with Crippen LogP contribution in [0.3, 0.4) is 0 Å². The molecule has 2 aromatic carbocycles. The molecule has 0 aliphatic heterocycles. The van der Waals surface area contributed by atoms with Crippen LogP contribution >= 0.6 is 0 Å². The lowest BCUT2D eigenvalue weighted by molar-refractivity contribution is -0.114. The summed E-state index contributed by atoms with van der Waals surface area (Å²) in [5.41, 5.74) is 0.506. The van der Waals surface area contributed by atoms with Gasteiger partial charge in [-0.2, -0.15) is 0 Å². The monoisotopic (exact) mass is 383 g/mol. The number of rotatable bonds is 5. The highest BCUT2D eigenvalue weighted by Crippen LogP contribution is 2.25. The van der Waals surface area contributed by atoms with Crippen LogP contribution in [0.25, 0.3) is 11.0 Å². The molecule has 0 aliphatic carbocycles. The molecule has 0 fully saturated rings. The van der Waals surface area contributed by atoms with Crippen molar-refractivity contribution in [2.75, 3.05) is 12.4 Å². The Morgan fingerprint density at radius 3 is 2.61 bits per heavy atom. The normalized spacial score (nSPS) is 10.5. The third-order valence-corrected chi connectivity index (χ3v) is 3.93. The standard InChI is InChI=1S/C20H17NO7/c1-11(22)21-13-3-5-15-12(7-19(24)28-18(15)8-13)10-27-20(25)16-6-4-14(26-2)9-17(16)23/h3-9,23H,10H2,1-2H3,(H,21,22). The van der Waals surface area contributed by atoms with Crippen molar-refractivity contribution in [1.29, 1.82) is 0 Å². The van der Waals surface area contributed by atoms with Crippen LogP contribution in [0.15, 0.2) is 51.7 Å². The fourth-order valence-corrected chi connectivity index (χ4v) is 2.66. The molecule has 1 aromatic heterocycles. The molecule has 28 heavy (non-hydrogen) atoms. The van der Waals surface area contributed by atoms with Gasteiger partial charge in [-0.3, -0.25) is 4.79 Å². The molecule has 2 N–H and O–H groups in total. The number of phenolic OH excluding ortho intramolecular Hbond substituents is 1. The lowest BCUT2D eigenvalue weighted by atomic mass is 10.1. The minimum Gasteiger partial charge on any atom is -0.507 e. The van der Waals surface area contributed by atoms with E-state index in [2.05, 4.69) is 5.32 Å². The smallest absolute Gasteiger partial charge is 0.342 e. The highest BCUT2D eigenvalue weighted by Gasteiger charge is 2.15. The molecule has 0 bridgehead atoms. The van der Waals surface area contributed by atoms with Gasteiger partial charge in [0.1, 0.15) is 29.3 Å². The minimum absolute atomic E-state index is 0.0268. The Morgan fingerprint density at radius 1 is 1.14 bits per heavy atom. The van der Waals surface area contributed by atoms with Crippen molar-refractivity contribution < 1.29 is 28.6 Å². The van der Waals surface area contributed by atoms with Gasteiger partial charge in [-0.05, 0) is 24.3 Å². The number of hydrogen-bond donors (Lipinski definition) is 2. The molecule has 3 aromatic rings. The predicted octanol–water partition coefficient (Wildman–Crippen LogP) is 2.82. The quantitative estimate of drug-likeness (QED) is 0.514. The number of ether oxygens (including phenoxy) is 2. The largest absolute Gasteiger partial charge is 0.507 e. The van der Waals surface area contributed by atoms with Gasteiger partial charge in [-0.25, -0.2) is 9.59 Å². The summed E-state index contributed by atoms with van der Waals surface area (Å²) in [6, 6.07) is 10.2. The number of amides is 1. The molecule has 144 valence electrons. The summed E-state index contributed by atoms with van der Waals surface area (Å²) < 4.78 is 15.4. The summed E-state index contributed by atoms with van der Waals surface area (Å²) in [5, 5.41) is 13.1. The summed E-state index contributed by atoms with van der Waals surface area (Å²) >= 11 is 0. The van der Waals surface area contributed by atoms with E-state index in [-0.39, 0.29) is 29.4 Å². The zero-order valence-electron chi connectivity index (χ0n) is 15.1. The van der Waals surface area contributed by atoms with Crippen molar-refractivity contribution in [2.45, 2.75) is 13.5 Å². The van der Waals surface area contributed by atoms with Gasteiger partial charge in [0.05, 0.1) is 7.11 Å². The van der Waals surface area contributed by atoms with E-state index in [4.69, 9.17) is 13.9 Å². The topological polar surface area (TPSA) is 115 Å². The number of nitrogens with one attached hydrogen (secondary N) is 1. The lowest BCUT2D eigenvalue weighted by Crippen LogP contribution is -2.09. The first-order valence-corrected chi connectivity index (χ1v) is 8.26. The second kappa shape index (κ2) is 7.83. The number of phenols is 1. The second-order valence-corrected chi connectivity index (χ2v) is 5.94. The maximum atomic E-state index is 12.3. The van der Waals surface area contributed by atoms with Crippen LogP contribution in [0, 0.1) is 0 Å². The van der Waals surface area contributed by atoms with Gasteiger partial charge in [-0.15, -0.1) is 0 Å². The highest BCUT2D eigenvalue weighted by atomic mass is 16.5. The number of methoxy groups -OCH3 is 1. The first-order chi connectivity index (χ1) is 13.4. The first kappa shape index (κ1) is 19.0. The average Bonchev–Trinajstić information content (AvgIpc) is 2.64. The van der Waals surface area contributed by atoms with Crippen molar-refractivity contribution in [2.24, 2.45) is 0 Å². The van der Waals surface area contributed by atoms with E-state index in [1.165, 1.54) is 44.4 Å². The Hall–Kier alpha value is -3.81. The number of anilines is 1. The molecule has 8 nitrogen and oxygen atoms in total. The van der Waals surface area contributed by atoms with Crippen LogP contribution < -0.4 is 15.7 Å². The predicted molar refractivity (Wildman–Crippen MR) is 101 cm³/mol. The summed E-state index contributed by atoms with van der Waals surface area (Å²) in [5.74, 6) is -0.889. The van der Waals surface area contributed by atoms with E-state index in [0.717, 1.165) is 0 Å². The van der Waals surface area contributed by atoms with E-state index in [1.54, 1.807) is 12.1 Å². The van der Waals surface area contributed by atoms with Crippen LogP contribution in [-0.2, 0) is 16.1 Å². The number of benzene rings is 2. The molecule has 0 saturated heterocycles. The summed E-state index contributed by atoms with van der Waals surface area (Å²) in [4.78, 5) is 35.3. The molecule has 0 atom stereocenters. The summed E-state index contributed by atoms with van der Waals surface area (Å²) in [7, 11) is 1.44. The molecule has 3 rings (SSSR count). The SMILES string of the molecule is COc1ccc(C(=O)OCc2cc(=O)oc3cc(NC(C)=O)ccc23)c(O)c1. The van der Waals surface area contributed by atoms with Crippen LogP contribution in [-0.4, -0.2) is 24.1 Å². The molecule has 1 amide bonds. The number of hydrogen-bond acceptors (Lipinski definition) is 7. The van der Waals surface area contributed by atoms with Gasteiger partial charge in [0.25, 0.3) is 0 Å². The van der Waals surface area contributed by atoms with E-state index in [1.807, 2.05) is 0 Å². The molecule has 8 heteroatoms. The van der Waals surface area contributed by atoms with Crippen molar-refractivity contribution in [3.05, 3.63) is 64.0 Å². The number of carbonyl (C=O) groups is 2. The van der Waals surface area contributed by atoms with Crippen molar-refractivity contribution in [3.8, 4) is 11.5 Å². The maximum absolute atomic E-state index is 12.3. The number of esters is 1. The molecule has 0 radical (unpaired) electrons. The van der Waals surface area contributed by atoms with E-state index in [0.29, 0.717) is 22.4 Å². The molecule has 0 saturated carbocycles. The third kappa shape index (κ3) is 4.12. The first-order valence-electron chi connectivity index (χ1n) is 8.26. The number of aromatic hydroxyl groups is 1. The third-order valence-electron chi connectivity index (χ3n) is 3.93. The lowest BCUT2D eigenvalue weighted by Gasteiger charge is -2.10. The van der Waals surface area contributed by atoms with Gasteiger partial charge < -0.3 is 24.3 Å². The molecule has 0 aliphatic rings. The zero-order valence-corrected chi connectivity index (χ0v) is 15.1. The molecular weight excluding hydrogens is 366 g/mol. The summed E-state index contributed by atoms with van der Waals surface area (Å²) in [6.45, 7) is 1.16. The molecule has 0 spiro atoms. The van der Waals surface area contributed by atoms with Crippen molar-refractivity contribution in [3.63, 3.8) is 0 Å². The Bertz CT molecular complexity index is 1120.